The van der Waals surface area contributed by atoms with Crippen molar-refractivity contribution in [1.29, 1.82) is 0 Å². The Hall–Kier alpha value is -4.77. The van der Waals surface area contributed by atoms with Gasteiger partial charge in [0, 0.05) is 48.1 Å². The molecule has 1 aliphatic rings. The molecular weight excluding hydrogens is 610 g/mol. The van der Waals surface area contributed by atoms with Crippen molar-refractivity contribution in [2.45, 2.75) is 79.8 Å². The number of ether oxygens (including phenoxy) is 4. The summed E-state index contributed by atoms with van der Waals surface area (Å²) < 4.78 is 21.8. The van der Waals surface area contributed by atoms with Crippen molar-refractivity contribution in [2.75, 3.05) is 43.0 Å². The minimum atomic E-state index is -0.609. The lowest BCUT2D eigenvalue weighted by Gasteiger charge is -2.21. The molecule has 0 aromatic heterocycles. The number of nitrogens with zero attached hydrogens (tertiary/aromatic N) is 2. The van der Waals surface area contributed by atoms with Gasteiger partial charge in [0.1, 0.15) is 29.6 Å². The fourth-order valence-corrected chi connectivity index (χ4v) is 4.42. The summed E-state index contributed by atoms with van der Waals surface area (Å²) in [5, 5.41) is 9.70. The number of unbranched alkanes of at least 4 members (excludes halogenated alkanes) is 1. The number of allylic oxidation sites excluding steroid dienone is 2. The number of amidine groups is 1. The number of carbonyl (C=O) groups excluding carboxylic acids is 2. The van der Waals surface area contributed by atoms with E-state index in [1.165, 1.54) is 0 Å². The first kappa shape index (κ1) is 37.7. The van der Waals surface area contributed by atoms with Gasteiger partial charge in [-0.1, -0.05) is 26.3 Å². The number of methoxy groups -OCH3 is 1. The number of anilines is 3. The summed E-state index contributed by atoms with van der Waals surface area (Å²) in [4.78, 5) is 31.7. The number of rotatable bonds is 16. The van der Waals surface area contributed by atoms with Crippen LogP contribution in [0.2, 0.25) is 0 Å². The lowest BCUT2D eigenvalue weighted by atomic mass is 10.2. The highest BCUT2D eigenvalue weighted by molar-refractivity contribution is 6.05. The highest BCUT2D eigenvalue weighted by Crippen LogP contribution is 2.26. The standard InChI is InChI=1S/C37H51N5O6/c1-9-11-15-33(43)47-25-42-21-20-32(27(4)38-29-13-12-14-30(24-29)40-36(44)48-37(5,6)7)35(42)41-34(26(3)10-2)39-28-16-18-31(19-17-28)46-23-22-45-8/h12-14,16-21,24,38-39H,9-11,15,22-23,25H2,1-8H3,(H,40,44)/b32-27+,34-26+,41-35+. The quantitative estimate of drug-likeness (QED) is 0.120. The Morgan fingerprint density at radius 2 is 1.62 bits per heavy atom. The molecule has 2 aromatic carbocycles. The van der Waals surface area contributed by atoms with Gasteiger partial charge in [-0.2, -0.15) is 0 Å². The fourth-order valence-electron chi connectivity index (χ4n) is 4.42. The molecule has 0 fully saturated rings. The number of benzene rings is 2. The van der Waals surface area contributed by atoms with Gasteiger partial charge in [-0.3, -0.25) is 15.0 Å². The SMILES string of the molecule is CCCCC(=O)OCN1C=CC(=C(/C)Nc2cccc(NC(=O)OC(C)(C)C)c2)/C1=N\C(Nc1ccc(OCCOC)cc1)=C(/C)CC. The van der Waals surface area contributed by atoms with Crippen molar-refractivity contribution < 1.29 is 28.5 Å². The maximum Gasteiger partial charge on any atom is 0.412 e. The van der Waals surface area contributed by atoms with Crippen LogP contribution in [0.3, 0.4) is 0 Å². The van der Waals surface area contributed by atoms with E-state index in [2.05, 4.69) is 22.9 Å². The highest BCUT2D eigenvalue weighted by Gasteiger charge is 2.24. The number of esters is 1. The van der Waals surface area contributed by atoms with E-state index in [1.807, 2.05) is 101 Å². The molecule has 2 aromatic rings. The van der Waals surface area contributed by atoms with Gasteiger partial charge >= 0.3 is 12.1 Å². The van der Waals surface area contributed by atoms with Crippen LogP contribution in [0, 0.1) is 0 Å². The van der Waals surface area contributed by atoms with Gasteiger partial charge in [0.2, 0.25) is 0 Å². The zero-order valence-corrected chi connectivity index (χ0v) is 29.6. The molecule has 1 aliphatic heterocycles. The summed E-state index contributed by atoms with van der Waals surface area (Å²) in [5.74, 6) is 1.79. The first-order valence-corrected chi connectivity index (χ1v) is 16.4. The van der Waals surface area contributed by atoms with E-state index in [1.54, 1.807) is 13.2 Å². The normalized spacial score (nSPS) is 15.2. The number of hydrogen-bond acceptors (Lipinski definition) is 9. The Morgan fingerprint density at radius 1 is 0.917 bits per heavy atom. The predicted molar refractivity (Wildman–Crippen MR) is 192 cm³/mol. The van der Waals surface area contributed by atoms with Crippen molar-refractivity contribution in [2.24, 2.45) is 4.99 Å². The average Bonchev–Trinajstić information content (AvgIpc) is 3.44. The Morgan fingerprint density at radius 3 is 2.27 bits per heavy atom. The van der Waals surface area contributed by atoms with Gasteiger partial charge in [0.15, 0.2) is 6.73 Å². The molecule has 0 unspecified atom stereocenters. The first-order chi connectivity index (χ1) is 22.9. The first-order valence-electron chi connectivity index (χ1n) is 16.4. The van der Waals surface area contributed by atoms with Gasteiger partial charge in [0.05, 0.1) is 6.61 Å². The predicted octanol–water partition coefficient (Wildman–Crippen LogP) is 8.42. The molecule has 260 valence electrons. The van der Waals surface area contributed by atoms with E-state index in [0.717, 1.165) is 53.2 Å². The van der Waals surface area contributed by atoms with Crippen molar-refractivity contribution in [3.63, 3.8) is 0 Å². The molecule has 48 heavy (non-hydrogen) atoms. The summed E-state index contributed by atoms with van der Waals surface area (Å²) in [5.41, 5.74) is 4.26. The average molecular weight is 662 g/mol. The molecule has 0 saturated heterocycles. The van der Waals surface area contributed by atoms with E-state index >= 15 is 0 Å². The van der Waals surface area contributed by atoms with Gasteiger partial charge in [0.25, 0.3) is 0 Å². The van der Waals surface area contributed by atoms with Crippen molar-refractivity contribution >= 4 is 35.0 Å². The van der Waals surface area contributed by atoms with Gasteiger partial charge in [-0.05, 0) is 102 Å². The van der Waals surface area contributed by atoms with Crippen molar-refractivity contribution in [3.05, 3.63) is 83.5 Å². The molecule has 0 bridgehead atoms. The zero-order chi connectivity index (χ0) is 35.1. The smallest absolute Gasteiger partial charge is 0.412 e. The molecule has 0 atom stereocenters. The summed E-state index contributed by atoms with van der Waals surface area (Å²) in [7, 11) is 1.64. The largest absolute Gasteiger partial charge is 0.491 e. The van der Waals surface area contributed by atoms with Crippen LogP contribution in [0.25, 0.3) is 0 Å². The number of aliphatic imine (C=N–C) groups is 1. The van der Waals surface area contributed by atoms with E-state index in [0.29, 0.717) is 37.0 Å². The molecule has 1 amide bonds. The lowest BCUT2D eigenvalue weighted by molar-refractivity contribution is -0.146. The second-order valence-corrected chi connectivity index (χ2v) is 12.3. The van der Waals surface area contributed by atoms with Crippen LogP contribution in [-0.4, -0.2) is 55.5 Å². The minimum absolute atomic E-state index is 0.0237. The third-order valence-electron chi connectivity index (χ3n) is 7.10. The number of amides is 1. The second-order valence-electron chi connectivity index (χ2n) is 12.3. The monoisotopic (exact) mass is 661 g/mol. The third-order valence-corrected chi connectivity index (χ3v) is 7.10. The van der Waals surface area contributed by atoms with Crippen LogP contribution in [0.4, 0.5) is 21.9 Å². The van der Waals surface area contributed by atoms with E-state index < -0.39 is 11.7 Å². The molecule has 0 saturated carbocycles. The van der Waals surface area contributed by atoms with Gasteiger partial charge in [-0.15, -0.1) is 0 Å². The van der Waals surface area contributed by atoms with E-state index in [4.69, 9.17) is 23.9 Å². The van der Waals surface area contributed by atoms with Crippen LogP contribution in [0.1, 0.15) is 74.1 Å². The third kappa shape index (κ3) is 12.4. The number of carbonyl (C=O) groups is 2. The summed E-state index contributed by atoms with van der Waals surface area (Å²) in [6, 6.07) is 15.0. The summed E-state index contributed by atoms with van der Waals surface area (Å²) in [6.07, 6.45) is 6.09. The second kappa shape index (κ2) is 18.5. The van der Waals surface area contributed by atoms with Gasteiger partial charge < -0.3 is 29.6 Å². The molecule has 0 aliphatic carbocycles. The van der Waals surface area contributed by atoms with E-state index in [9.17, 15) is 9.59 Å². The molecule has 1 heterocycles. The van der Waals surface area contributed by atoms with Crippen molar-refractivity contribution in [3.8, 4) is 5.75 Å². The maximum atomic E-state index is 12.4. The zero-order valence-electron chi connectivity index (χ0n) is 29.6. The van der Waals surface area contributed by atoms with Crippen LogP contribution < -0.4 is 20.7 Å². The maximum absolute atomic E-state index is 12.4. The van der Waals surface area contributed by atoms with Crippen LogP contribution >= 0.6 is 0 Å². The molecule has 3 rings (SSSR count). The Kier molecular flexibility index (Phi) is 14.6. The Bertz CT molecular complexity index is 1500. The highest BCUT2D eigenvalue weighted by atomic mass is 16.6. The van der Waals surface area contributed by atoms with Gasteiger partial charge in [-0.25, -0.2) is 9.79 Å². The molecule has 11 nitrogen and oxygen atoms in total. The van der Waals surface area contributed by atoms with E-state index in [-0.39, 0.29) is 12.7 Å². The molecule has 3 N–H and O–H groups in total. The molecule has 0 spiro atoms. The molecule has 0 radical (unpaired) electrons. The summed E-state index contributed by atoms with van der Waals surface area (Å²) >= 11 is 0. The number of nitrogens with one attached hydrogen (secondary N) is 3. The Labute approximate surface area is 285 Å². The molecule has 11 heteroatoms. The Balaban J connectivity index is 1.92. The van der Waals surface area contributed by atoms with Crippen LogP contribution in [0.5, 0.6) is 5.75 Å². The van der Waals surface area contributed by atoms with Crippen LogP contribution in [0.15, 0.2) is 88.5 Å². The van der Waals surface area contributed by atoms with Crippen molar-refractivity contribution in [1.82, 2.24) is 4.90 Å². The fraction of sp³-hybridized carbons (Fsp3) is 0.432. The number of hydrogen-bond donors (Lipinski definition) is 3. The lowest BCUT2D eigenvalue weighted by Crippen LogP contribution is -2.28. The molecular formula is C37H51N5O6. The summed E-state index contributed by atoms with van der Waals surface area (Å²) in [6.45, 7) is 14.6. The minimum Gasteiger partial charge on any atom is -0.491 e. The van der Waals surface area contributed by atoms with Crippen LogP contribution in [-0.2, 0) is 19.0 Å². The topological polar surface area (TPSA) is 123 Å².